The first-order valence-corrected chi connectivity index (χ1v) is 8.46. The molecule has 0 radical (unpaired) electrons. The van der Waals surface area contributed by atoms with Gasteiger partial charge in [0.2, 0.25) is 5.91 Å². The molecule has 0 spiro atoms. The Labute approximate surface area is 142 Å². The SMILES string of the molecule is CCCCN1CCN(c2cc(C)nc(-c3cccnc3)n2)CC1=O. The van der Waals surface area contributed by atoms with E-state index < -0.39 is 0 Å². The molecule has 0 N–H and O–H groups in total. The van der Waals surface area contributed by atoms with E-state index in [9.17, 15) is 4.79 Å². The molecule has 126 valence electrons. The zero-order chi connectivity index (χ0) is 16.9. The molecule has 1 aliphatic rings. The normalized spacial score (nSPS) is 15.0. The van der Waals surface area contributed by atoms with Crippen molar-refractivity contribution in [2.24, 2.45) is 0 Å². The summed E-state index contributed by atoms with van der Waals surface area (Å²) in [6.07, 6.45) is 5.65. The topological polar surface area (TPSA) is 62.2 Å². The zero-order valence-corrected chi connectivity index (χ0v) is 14.3. The maximum atomic E-state index is 12.4. The minimum Gasteiger partial charge on any atom is -0.345 e. The van der Waals surface area contributed by atoms with Crippen LogP contribution in [-0.4, -0.2) is 51.9 Å². The van der Waals surface area contributed by atoms with Crippen molar-refractivity contribution >= 4 is 11.7 Å². The summed E-state index contributed by atoms with van der Waals surface area (Å²) in [6, 6.07) is 5.75. The molecular weight excluding hydrogens is 302 g/mol. The average molecular weight is 325 g/mol. The number of anilines is 1. The summed E-state index contributed by atoms with van der Waals surface area (Å²) in [7, 11) is 0. The van der Waals surface area contributed by atoms with Gasteiger partial charge >= 0.3 is 0 Å². The van der Waals surface area contributed by atoms with Crippen molar-refractivity contribution in [1.82, 2.24) is 19.9 Å². The van der Waals surface area contributed by atoms with Crippen LogP contribution in [0.1, 0.15) is 25.5 Å². The Morgan fingerprint density at radius 2 is 2.12 bits per heavy atom. The van der Waals surface area contributed by atoms with Crippen LogP contribution in [0.3, 0.4) is 0 Å². The monoisotopic (exact) mass is 325 g/mol. The maximum Gasteiger partial charge on any atom is 0.242 e. The first-order chi connectivity index (χ1) is 11.7. The third-order valence-electron chi connectivity index (χ3n) is 4.18. The summed E-state index contributed by atoms with van der Waals surface area (Å²) in [5, 5.41) is 0. The summed E-state index contributed by atoms with van der Waals surface area (Å²) < 4.78 is 0. The highest BCUT2D eigenvalue weighted by molar-refractivity contribution is 5.82. The third kappa shape index (κ3) is 3.69. The number of amides is 1. The van der Waals surface area contributed by atoms with Crippen LogP contribution < -0.4 is 4.90 Å². The third-order valence-corrected chi connectivity index (χ3v) is 4.18. The van der Waals surface area contributed by atoms with Crippen LogP contribution >= 0.6 is 0 Å². The first-order valence-electron chi connectivity index (χ1n) is 8.46. The number of unbranched alkanes of at least 4 members (excludes halogenated alkanes) is 1. The summed E-state index contributed by atoms with van der Waals surface area (Å²) in [5.41, 5.74) is 1.77. The Morgan fingerprint density at radius 1 is 1.25 bits per heavy atom. The molecule has 24 heavy (non-hydrogen) atoms. The van der Waals surface area contributed by atoms with E-state index in [1.54, 1.807) is 12.4 Å². The van der Waals surface area contributed by atoms with Gasteiger partial charge in [0.25, 0.3) is 0 Å². The fourth-order valence-corrected chi connectivity index (χ4v) is 2.83. The molecule has 2 aromatic rings. The second kappa shape index (κ2) is 7.38. The van der Waals surface area contributed by atoms with E-state index in [1.807, 2.05) is 34.9 Å². The van der Waals surface area contributed by atoms with Crippen LogP contribution in [0, 0.1) is 6.92 Å². The Kier molecular flexibility index (Phi) is 5.03. The lowest BCUT2D eigenvalue weighted by Gasteiger charge is -2.35. The lowest BCUT2D eigenvalue weighted by molar-refractivity contribution is -0.131. The van der Waals surface area contributed by atoms with Crippen molar-refractivity contribution in [3.8, 4) is 11.4 Å². The number of rotatable bonds is 5. The number of hydrogen-bond donors (Lipinski definition) is 0. The van der Waals surface area contributed by atoms with Crippen molar-refractivity contribution in [3.05, 3.63) is 36.3 Å². The highest BCUT2D eigenvalue weighted by atomic mass is 16.2. The Bertz CT molecular complexity index is 704. The Balaban J connectivity index is 1.78. The molecule has 6 nitrogen and oxygen atoms in total. The van der Waals surface area contributed by atoms with Crippen molar-refractivity contribution in [2.75, 3.05) is 31.1 Å². The van der Waals surface area contributed by atoms with E-state index >= 15 is 0 Å². The van der Waals surface area contributed by atoms with Crippen molar-refractivity contribution in [3.63, 3.8) is 0 Å². The van der Waals surface area contributed by atoms with E-state index in [4.69, 9.17) is 0 Å². The number of carbonyl (C=O) groups is 1. The second-order valence-electron chi connectivity index (χ2n) is 6.09. The molecule has 1 saturated heterocycles. The van der Waals surface area contributed by atoms with Gasteiger partial charge in [-0.15, -0.1) is 0 Å². The number of hydrogen-bond acceptors (Lipinski definition) is 5. The molecule has 0 aliphatic carbocycles. The Hall–Kier alpha value is -2.50. The van der Waals surface area contributed by atoms with E-state index in [0.717, 1.165) is 49.6 Å². The lowest BCUT2D eigenvalue weighted by atomic mass is 10.2. The van der Waals surface area contributed by atoms with E-state index in [0.29, 0.717) is 12.4 Å². The standard InChI is InChI=1S/C18H23N5O/c1-3-4-8-22-9-10-23(13-17(22)24)16-11-14(2)20-18(21-16)15-6-5-7-19-12-15/h5-7,11-12H,3-4,8-10,13H2,1-2H3. The van der Waals surface area contributed by atoms with Gasteiger partial charge < -0.3 is 9.80 Å². The minimum atomic E-state index is 0.175. The molecule has 6 heteroatoms. The van der Waals surface area contributed by atoms with Crippen LogP contribution in [0.4, 0.5) is 5.82 Å². The molecule has 1 aliphatic heterocycles. The number of carbonyl (C=O) groups excluding carboxylic acids is 1. The van der Waals surface area contributed by atoms with Crippen LogP contribution in [-0.2, 0) is 4.79 Å². The second-order valence-corrected chi connectivity index (χ2v) is 6.09. The number of aromatic nitrogens is 3. The summed E-state index contributed by atoms with van der Waals surface area (Å²) >= 11 is 0. The van der Waals surface area contributed by atoms with Crippen molar-refractivity contribution in [2.45, 2.75) is 26.7 Å². The molecule has 3 rings (SSSR count). The quantitative estimate of drug-likeness (QED) is 0.844. The van der Waals surface area contributed by atoms with Gasteiger partial charge in [0.15, 0.2) is 5.82 Å². The molecule has 0 atom stereocenters. The van der Waals surface area contributed by atoms with Gasteiger partial charge in [0, 0.05) is 49.4 Å². The number of pyridine rings is 1. The van der Waals surface area contributed by atoms with Crippen LogP contribution in [0.25, 0.3) is 11.4 Å². The molecule has 0 bridgehead atoms. The van der Waals surface area contributed by atoms with Gasteiger partial charge in [-0.2, -0.15) is 0 Å². The average Bonchev–Trinajstić information content (AvgIpc) is 2.61. The minimum absolute atomic E-state index is 0.175. The van der Waals surface area contributed by atoms with Gasteiger partial charge in [-0.05, 0) is 25.5 Å². The fourth-order valence-electron chi connectivity index (χ4n) is 2.83. The Morgan fingerprint density at radius 3 is 2.83 bits per heavy atom. The number of piperazine rings is 1. The molecule has 0 aromatic carbocycles. The van der Waals surface area contributed by atoms with Gasteiger partial charge in [-0.3, -0.25) is 9.78 Å². The summed E-state index contributed by atoms with van der Waals surface area (Å²) in [5.74, 6) is 1.64. The number of nitrogens with zero attached hydrogens (tertiary/aromatic N) is 5. The van der Waals surface area contributed by atoms with E-state index in [-0.39, 0.29) is 5.91 Å². The highest BCUT2D eigenvalue weighted by Gasteiger charge is 2.24. The van der Waals surface area contributed by atoms with E-state index in [1.165, 1.54) is 0 Å². The molecule has 3 heterocycles. The van der Waals surface area contributed by atoms with Crippen molar-refractivity contribution < 1.29 is 4.79 Å². The maximum absolute atomic E-state index is 12.4. The molecule has 1 amide bonds. The molecule has 0 saturated carbocycles. The van der Waals surface area contributed by atoms with Gasteiger partial charge in [0.1, 0.15) is 5.82 Å². The van der Waals surface area contributed by atoms with Gasteiger partial charge in [-0.25, -0.2) is 9.97 Å². The molecule has 0 unspecified atom stereocenters. The largest absolute Gasteiger partial charge is 0.345 e. The van der Waals surface area contributed by atoms with Crippen LogP contribution in [0.2, 0.25) is 0 Å². The van der Waals surface area contributed by atoms with E-state index in [2.05, 4.69) is 21.9 Å². The van der Waals surface area contributed by atoms with Crippen molar-refractivity contribution in [1.29, 1.82) is 0 Å². The molecule has 2 aromatic heterocycles. The number of aryl methyl sites for hydroxylation is 1. The van der Waals surface area contributed by atoms with Crippen LogP contribution in [0.15, 0.2) is 30.6 Å². The zero-order valence-electron chi connectivity index (χ0n) is 14.3. The molecular formula is C18H23N5O. The summed E-state index contributed by atoms with van der Waals surface area (Å²) in [6.45, 7) is 6.89. The predicted octanol–water partition coefficient (Wildman–Crippen LogP) is 2.30. The first kappa shape index (κ1) is 16.4. The van der Waals surface area contributed by atoms with Crippen LogP contribution in [0.5, 0.6) is 0 Å². The highest BCUT2D eigenvalue weighted by Crippen LogP contribution is 2.20. The van der Waals surface area contributed by atoms with Gasteiger partial charge in [0.05, 0.1) is 6.54 Å². The predicted molar refractivity (Wildman–Crippen MR) is 93.7 cm³/mol. The lowest BCUT2D eigenvalue weighted by Crippen LogP contribution is -2.50. The smallest absolute Gasteiger partial charge is 0.242 e. The molecule has 1 fully saturated rings. The summed E-state index contributed by atoms with van der Waals surface area (Å²) in [4.78, 5) is 29.6. The fraction of sp³-hybridized carbons (Fsp3) is 0.444. The van der Waals surface area contributed by atoms with Gasteiger partial charge in [-0.1, -0.05) is 13.3 Å².